The van der Waals surface area contributed by atoms with Crippen LogP contribution in [0.1, 0.15) is 32.1 Å². The van der Waals surface area contributed by atoms with Crippen LogP contribution in [0.15, 0.2) is 0 Å². The number of nitrogens with zero attached hydrogens (tertiary/aromatic N) is 1. The van der Waals surface area contributed by atoms with Crippen molar-refractivity contribution in [3.63, 3.8) is 0 Å². The molecule has 1 N–H and O–H groups in total. The lowest BCUT2D eigenvalue weighted by Crippen LogP contribution is -2.17. The normalized spacial score (nSPS) is 24.8. The molecule has 0 amide bonds. The van der Waals surface area contributed by atoms with Gasteiger partial charge in [0, 0.05) is 13.1 Å². The number of hydrogen-bond acceptors (Lipinski definition) is 2. The molecule has 12 heavy (non-hydrogen) atoms. The van der Waals surface area contributed by atoms with Crippen LogP contribution in [0.4, 0.5) is 0 Å². The van der Waals surface area contributed by atoms with E-state index in [9.17, 15) is 0 Å². The Bertz CT molecular complexity index is 96.7. The van der Waals surface area contributed by atoms with Crippen molar-refractivity contribution in [3.8, 4) is 0 Å². The minimum atomic E-state index is 1.21. The Morgan fingerprint density at radius 3 is 2.17 bits per heavy atom. The van der Waals surface area contributed by atoms with E-state index < -0.39 is 0 Å². The summed E-state index contributed by atoms with van der Waals surface area (Å²) in [5.41, 5.74) is 0. The Balaban J connectivity index is 2.13. The minimum absolute atomic E-state index is 1.21. The SMILES string of the molecule is PN1CCCCCNCCCC1. The van der Waals surface area contributed by atoms with Crippen molar-refractivity contribution in [3.05, 3.63) is 0 Å². The largest absolute Gasteiger partial charge is 0.317 e. The van der Waals surface area contributed by atoms with Gasteiger partial charge in [0.15, 0.2) is 0 Å². The zero-order chi connectivity index (χ0) is 8.65. The molecule has 0 aromatic carbocycles. The molecule has 2 nitrogen and oxygen atoms in total. The van der Waals surface area contributed by atoms with Crippen LogP contribution in [0.3, 0.4) is 0 Å². The molecule has 0 saturated carbocycles. The molecule has 1 aliphatic heterocycles. The highest BCUT2D eigenvalue weighted by atomic mass is 31.0. The highest BCUT2D eigenvalue weighted by Gasteiger charge is 1.99. The third kappa shape index (κ3) is 5.08. The average molecular weight is 188 g/mol. The molecule has 0 spiro atoms. The summed E-state index contributed by atoms with van der Waals surface area (Å²) >= 11 is 0. The molecule has 0 radical (unpaired) electrons. The van der Waals surface area contributed by atoms with Gasteiger partial charge in [-0.25, -0.2) is 0 Å². The van der Waals surface area contributed by atoms with Crippen LogP contribution >= 0.6 is 9.39 Å². The van der Waals surface area contributed by atoms with Gasteiger partial charge in [-0.15, -0.1) is 0 Å². The number of nitrogens with one attached hydrogen (secondary N) is 1. The van der Waals surface area contributed by atoms with Crippen molar-refractivity contribution in [2.75, 3.05) is 26.2 Å². The summed E-state index contributed by atoms with van der Waals surface area (Å²) in [5, 5.41) is 3.47. The molecule has 1 fully saturated rings. The summed E-state index contributed by atoms with van der Waals surface area (Å²) < 4.78 is 2.38. The summed E-state index contributed by atoms with van der Waals surface area (Å²) in [7, 11) is 2.83. The fraction of sp³-hybridized carbons (Fsp3) is 1.00. The van der Waals surface area contributed by atoms with E-state index in [2.05, 4.69) is 19.4 Å². The van der Waals surface area contributed by atoms with Crippen molar-refractivity contribution in [2.24, 2.45) is 0 Å². The highest BCUT2D eigenvalue weighted by molar-refractivity contribution is 7.13. The van der Waals surface area contributed by atoms with E-state index in [1.54, 1.807) is 0 Å². The van der Waals surface area contributed by atoms with Gasteiger partial charge in [-0.2, -0.15) is 0 Å². The lowest BCUT2D eigenvalue weighted by atomic mass is 10.2. The molecule has 72 valence electrons. The van der Waals surface area contributed by atoms with Crippen molar-refractivity contribution < 1.29 is 0 Å². The molecule has 1 saturated heterocycles. The first-order chi connectivity index (χ1) is 5.89. The molecule has 1 unspecified atom stereocenters. The van der Waals surface area contributed by atoms with E-state index >= 15 is 0 Å². The molecule has 3 heteroatoms. The van der Waals surface area contributed by atoms with Gasteiger partial charge in [0.05, 0.1) is 0 Å². The molecule has 1 rings (SSSR count). The Hall–Kier alpha value is 0.350. The Kier molecular flexibility index (Phi) is 5.93. The molecule has 1 aliphatic rings. The quantitative estimate of drug-likeness (QED) is 0.581. The second-order valence-corrected chi connectivity index (χ2v) is 4.28. The summed E-state index contributed by atoms with van der Waals surface area (Å²) in [6.07, 6.45) is 6.73. The fourth-order valence-electron chi connectivity index (χ4n) is 1.54. The van der Waals surface area contributed by atoms with Crippen molar-refractivity contribution in [2.45, 2.75) is 32.1 Å². The summed E-state index contributed by atoms with van der Waals surface area (Å²) in [5.74, 6) is 0. The summed E-state index contributed by atoms with van der Waals surface area (Å²) in [6, 6.07) is 0. The minimum Gasteiger partial charge on any atom is -0.317 e. The second kappa shape index (κ2) is 6.82. The first-order valence-corrected chi connectivity index (χ1v) is 5.61. The van der Waals surface area contributed by atoms with Gasteiger partial charge in [-0.3, -0.25) is 4.67 Å². The second-order valence-electron chi connectivity index (χ2n) is 3.55. The standard InChI is InChI=1S/C9H21N2P/c12-11-8-4-1-2-6-10-7-3-5-9-11/h10H,1-9,12H2. The van der Waals surface area contributed by atoms with Crippen LogP contribution in [0.5, 0.6) is 0 Å². The van der Waals surface area contributed by atoms with Crippen molar-refractivity contribution in [1.82, 2.24) is 9.99 Å². The van der Waals surface area contributed by atoms with Crippen molar-refractivity contribution in [1.29, 1.82) is 0 Å². The van der Waals surface area contributed by atoms with Crippen LogP contribution in [-0.4, -0.2) is 30.8 Å². The summed E-state index contributed by atoms with van der Waals surface area (Å²) in [6.45, 7) is 4.92. The molecule has 1 heterocycles. The molecular weight excluding hydrogens is 167 g/mol. The van der Waals surface area contributed by atoms with Gasteiger partial charge in [0.1, 0.15) is 0 Å². The zero-order valence-corrected chi connectivity index (χ0v) is 9.04. The Morgan fingerprint density at radius 1 is 0.833 bits per heavy atom. The van der Waals surface area contributed by atoms with Crippen LogP contribution in [0.25, 0.3) is 0 Å². The highest BCUT2D eigenvalue weighted by Crippen LogP contribution is 2.06. The number of rotatable bonds is 0. The topological polar surface area (TPSA) is 15.3 Å². The predicted molar refractivity (Wildman–Crippen MR) is 57.2 cm³/mol. The van der Waals surface area contributed by atoms with Gasteiger partial charge in [0.2, 0.25) is 0 Å². The Labute approximate surface area is 78.3 Å². The molecule has 0 bridgehead atoms. The third-order valence-electron chi connectivity index (χ3n) is 2.35. The van der Waals surface area contributed by atoms with E-state index in [0.717, 1.165) is 0 Å². The van der Waals surface area contributed by atoms with Crippen LogP contribution in [0.2, 0.25) is 0 Å². The van der Waals surface area contributed by atoms with Gasteiger partial charge in [0.25, 0.3) is 0 Å². The van der Waals surface area contributed by atoms with E-state index in [4.69, 9.17) is 0 Å². The number of hydrogen-bond donors (Lipinski definition) is 1. The van der Waals surface area contributed by atoms with Crippen molar-refractivity contribution >= 4 is 9.39 Å². The first kappa shape index (κ1) is 10.4. The first-order valence-electron chi connectivity index (χ1n) is 5.10. The van der Waals surface area contributed by atoms with Crippen LogP contribution < -0.4 is 5.32 Å². The molecular formula is C9H21N2P. The lowest BCUT2D eigenvalue weighted by Gasteiger charge is -2.14. The lowest BCUT2D eigenvalue weighted by molar-refractivity contribution is 0.439. The van der Waals surface area contributed by atoms with Gasteiger partial charge >= 0.3 is 0 Å². The zero-order valence-electron chi connectivity index (χ0n) is 7.89. The predicted octanol–water partition coefficient (Wildman–Crippen LogP) is 1.63. The Morgan fingerprint density at radius 2 is 1.42 bits per heavy atom. The maximum Gasteiger partial charge on any atom is 0.00166 e. The molecule has 0 aromatic heterocycles. The molecule has 1 atom stereocenters. The van der Waals surface area contributed by atoms with Gasteiger partial charge < -0.3 is 5.32 Å². The monoisotopic (exact) mass is 188 g/mol. The molecule has 0 aromatic rings. The van der Waals surface area contributed by atoms with Crippen LogP contribution in [0, 0.1) is 0 Å². The van der Waals surface area contributed by atoms with E-state index in [1.807, 2.05) is 0 Å². The van der Waals surface area contributed by atoms with Crippen LogP contribution in [-0.2, 0) is 0 Å². The van der Waals surface area contributed by atoms with E-state index in [0.29, 0.717) is 0 Å². The maximum absolute atomic E-state index is 3.47. The summed E-state index contributed by atoms with van der Waals surface area (Å²) in [4.78, 5) is 0. The van der Waals surface area contributed by atoms with Gasteiger partial charge in [-0.05, 0) is 38.8 Å². The smallest absolute Gasteiger partial charge is 0.00166 e. The molecule has 0 aliphatic carbocycles. The fourth-order valence-corrected chi connectivity index (χ4v) is 1.91. The van der Waals surface area contributed by atoms with Gasteiger partial charge in [-0.1, -0.05) is 15.8 Å². The maximum atomic E-state index is 3.47. The third-order valence-corrected chi connectivity index (χ3v) is 2.86. The average Bonchev–Trinajstić information content (AvgIpc) is 2.11. The van der Waals surface area contributed by atoms with E-state index in [1.165, 1.54) is 58.3 Å². The van der Waals surface area contributed by atoms with E-state index in [-0.39, 0.29) is 0 Å².